The van der Waals surface area contributed by atoms with Crippen LogP contribution in [0.25, 0.3) is 0 Å². The van der Waals surface area contributed by atoms with Crippen LogP contribution in [0, 0.1) is 6.92 Å². The van der Waals surface area contributed by atoms with E-state index in [0.29, 0.717) is 18.3 Å². The van der Waals surface area contributed by atoms with E-state index in [9.17, 15) is 4.79 Å². The molecule has 130 valence electrons. The summed E-state index contributed by atoms with van der Waals surface area (Å²) in [4.78, 5) is 12.2. The van der Waals surface area contributed by atoms with Gasteiger partial charge in [0, 0.05) is 6.54 Å². The number of aryl methyl sites for hydroxylation is 1. The SMILES string of the molecule is Cc1ccccc1CCNC(=O)c1cn(C2CCNCC2)nn1.Cl. The number of nitrogens with one attached hydrogen (secondary N) is 2. The first-order valence-electron chi connectivity index (χ1n) is 8.19. The van der Waals surface area contributed by atoms with Crippen molar-refractivity contribution in [2.45, 2.75) is 32.2 Å². The average molecular weight is 350 g/mol. The maximum atomic E-state index is 12.2. The molecule has 0 bridgehead atoms. The van der Waals surface area contributed by atoms with Crippen LogP contribution in [0.15, 0.2) is 30.5 Å². The van der Waals surface area contributed by atoms with E-state index in [4.69, 9.17) is 0 Å². The highest BCUT2D eigenvalue weighted by molar-refractivity contribution is 5.91. The fourth-order valence-corrected chi connectivity index (χ4v) is 2.92. The molecule has 7 heteroatoms. The van der Waals surface area contributed by atoms with Crippen molar-refractivity contribution in [2.75, 3.05) is 19.6 Å². The molecule has 1 aliphatic rings. The lowest BCUT2D eigenvalue weighted by atomic mass is 10.1. The maximum absolute atomic E-state index is 12.2. The summed E-state index contributed by atoms with van der Waals surface area (Å²) in [5.74, 6) is -0.154. The minimum atomic E-state index is -0.154. The van der Waals surface area contributed by atoms with Crippen molar-refractivity contribution < 1.29 is 4.79 Å². The molecule has 3 rings (SSSR count). The van der Waals surface area contributed by atoms with Gasteiger partial charge in [-0.1, -0.05) is 29.5 Å². The monoisotopic (exact) mass is 349 g/mol. The van der Waals surface area contributed by atoms with Gasteiger partial charge in [0.15, 0.2) is 5.69 Å². The summed E-state index contributed by atoms with van der Waals surface area (Å²) in [6, 6.07) is 8.57. The zero-order valence-electron chi connectivity index (χ0n) is 13.9. The average Bonchev–Trinajstić information content (AvgIpc) is 3.07. The lowest BCUT2D eigenvalue weighted by Crippen LogP contribution is -2.29. The molecule has 0 radical (unpaired) electrons. The molecule has 2 heterocycles. The summed E-state index contributed by atoms with van der Waals surface area (Å²) in [6.07, 6.45) is 4.63. The fraction of sp³-hybridized carbons (Fsp3) is 0.471. The molecule has 1 aromatic heterocycles. The van der Waals surface area contributed by atoms with Gasteiger partial charge in [-0.2, -0.15) is 0 Å². The normalized spacial score (nSPS) is 14.9. The molecule has 1 amide bonds. The first kappa shape index (κ1) is 18.4. The number of benzene rings is 1. The van der Waals surface area contributed by atoms with Gasteiger partial charge in [0.1, 0.15) is 0 Å². The molecule has 2 N–H and O–H groups in total. The Bertz CT molecular complexity index is 667. The minimum absolute atomic E-state index is 0. The molecule has 0 atom stereocenters. The fourth-order valence-electron chi connectivity index (χ4n) is 2.92. The van der Waals surface area contributed by atoms with Crippen LogP contribution in [0.4, 0.5) is 0 Å². The topological polar surface area (TPSA) is 71.8 Å². The van der Waals surface area contributed by atoms with Gasteiger partial charge in [0.2, 0.25) is 0 Å². The van der Waals surface area contributed by atoms with Crippen molar-refractivity contribution in [1.29, 1.82) is 0 Å². The molecule has 1 saturated heterocycles. The number of piperidine rings is 1. The van der Waals surface area contributed by atoms with Gasteiger partial charge in [-0.05, 0) is 50.4 Å². The smallest absolute Gasteiger partial charge is 0.273 e. The summed E-state index contributed by atoms with van der Waals surface area (Å²) >= 11 is 0. The molecule has 1 aromatic carbocycles. The number of carbonyl (C=O) groups is 1. The van der Waals surface area contributed by atoms with Crippen molar-refractivity contribution in [1.82, 2.24) is 25.6 Å². The predicted octanol–water partition coefficient (Wildman–Crippen LogP) is 1.91. The Kier molecular flexibility index (Phi) is 6.75. The number of rotatable bonds is 5. The van der Waals surface area contributed by atoms with Gasteiger partial charge in [-0.15, -0.1) is 17.5 Å². The van der Waals surface area contributed by atoms with Crippen molar-refractivity contribution in [3.05, 3.63) is 47.3 Å². The quantitative estimate of drug-likeness (QED) is 0.865. The second-order valence-corrected chi connectivity index (χ2v) is 6.00. The van der Waals surface area contributed by atoms with Crippen LogP contribution in [-0.4, -0.2) is 40.5 Å². The van der Waals surface area contributed by atoms with Crippen LogP contribution in [0.5, 0.6) is 0 Å². The molecule has 1 aliphatic heterocycles. The summed E-state index contributed by atoms with van der Waals surface area (Å²) in [7, 11) is 0. The zero-order valence-corrected chi connectivity index (χ0v) is 14.7. The molecule has 2 aromatic rings. The maximum Gasteiger partial charge on any atom is 0.273 e. The zero-order chi connectivity index (χ0) is 16.1. The van der Waals surface area contributed by atoms with Crippen molar-refractivity contribution in [3.8, 4) is 0 Å². The van der Waals surface area contributed by atoms with Gasteiger partial charge in [-0.25, -0.2) is 4.68 Å². The van der Waals surface area contributed by atoms with Crippen LogP contribution in [-0.2, 0) is 6.42 Å². The van der Waals surface area contributed by atoms with E-state index in [2.05, 4.69) is 40.0 Å². The Morgan fingerprint density at radius 3 is 2.83 bits per heavy atom. The first-order valence-corrected chi connectivity index (χ1v) is 8.19. The van der Waals surface area contributed by atoms with E-state index in [1.54, 1.807) is 6.20 Å². The van der Waals surface area contributed by atoms with Gasteiger partial charge < -0.3 is 10.6 Å². The lowest BCUT2D eigenvalue weighted by Gasteiger charge is -2.22. The second kappa shape index (κ2) is 8.80. The predicted molar refractivity (Wildman–Crippen MR) is 95.6 cm³/mol. The molecular weight excluding hydrogens is 326 g/mol. The second-order valence-electron chi connectivity index (χ2n) is 6.00. The molecular formula is C17H24ClN5O. The van der Waals surface area contributed by atoms with Gasteiger partial charge >= 0.3 is 0 Å². The highest BCUT2D eigenvalue weighted by Gasteiger charge is 2.18. The van der Waals surface area contributed by atoms with Gasteiger partial charge in [-0.3, -0.25) is 4.79 Å². The van der Waals surface area contributed by atoms with Crippen LogP contribution < -0.4 is 10.6 Å². The van der Waals surface area contributed by atoms with Crippen LogP contribution in [0.1, 0.15) is 40.5 Å². The molecule has 6 nitrogen and oxygen atoms in total. The van der Waals surface area contributed by atoms with Gasteiger partial charge in [0.05, 0.1) is 12.2 Å². The molecule has 1 fully saturated rings. The van der Waals surface area contributed by atoms with Crippen LogP contribution in [0.3, 0.4) is 0 Å². The highest BCUT2D eigenvalue weighted by atomic mass is 35.5. The number of hydrogen-bond donors (Lipinski definition) is 2. The van der Waals surface area contributed by atoms with E-state index < -0.39 is 0 Å². The first-order chi connectivity index (χ1) is 11.2. The minimum Gasteiger partial charge on any atom is -0.350 e. The summed E-state index contributed by atoms with van der Waals surface area (Å²) in [6.45, 7) is 4.66. The molecule has 0 aliphatic carbocycles. The Balaban J connectivity index is 0.00000208. The number of hydrogen-bond acceptors (Lipinski definition) is 4. The van der Waals surface area contributed by atoms with E-state index in [1.165, 1.54) is 11.1 Å². The Labute approximate surface area is 148 Å². The number of aromatic nitrogens is 3. The lowest BCUT2D eigenvalue weighted by molar-refractivity contribution is 0.0949. The summed E-state index contributed by atoms with van der Waals surface area (Å²) < 4.78 is 1.83. The molecule has 0 spiro atoms. The largest absolute Gasteiger partial charge is 0.350 e. The summed E-state index contributed by atoms with van der Waals surface area (Å²) in [5, 5.41) is 14.4. The van der Waals surface area contributed by atoms with Crippen LogP contribution in [0.2, 0.25) is 0 Å². The van der Waals surface area contributed by atoms with E-state index in [-0.39, 0.29) is 18.3 Å². The molecule has 24 heavy (non-hydrogen) atoms. The van der Waals surface area contributed by atoms with Gasteiger partial charge in [0.25, 0.3) is 5.91 Å². The number of carbonyl (C=O) groups excluding carboxylic acids is 1. The number of halogens is 1. The van der Waals surface area contributed by atoms with Crippen molar-refractivity contribution in [3.63, 3.8) is 0 Å². The Hall–Kier alpha value is -1.92. The van der Waals surface area contributed by atoms with E-state index in [0.717, 1.165) is 32.4 Å². The Morgan fingerprint density at radius 1 is 1.33 bits per heavy atom. The number of amides is 1. The Morgan fingerprint density at radius 2 is 2.08 bits per heavy atom. The molecule has 0 unspecified atom stereocenters. The van der Waals surface area contributed by atoms with E-state index >= 15 is 0 Å². The van der Waals surface area contributed by atoms with Crippen LogP contribution >= 0.6 is 12.4 Å². The van der Waals surface area contributed by atoms with Crippen molar-refractivity contribution >= 4 is 18.3 Å². The summed E-state index contributed by atoms with van der Waals surface area (Å²) in [5.41, 5.74) is 2.90. The highest BCUT2D eigenvalue weighted by Crippen LogP contribution is 2.17. The third kappa shape index (κ3) is 4.55. The van der Waals surface area contributed by atoms with E-state index in [1.807, 2.05) is 16.8 Å². The standard InChI is InChI=1S/C17H23N5O.ClH/c1-13-4-2-3-5-14(13)6-11-19-17(23)16-12-22(21-20-16)15-7-9-18-10-8-15;/h2-5,12,15,18H,6-11H2,1H3,(H,19,23);1H. The molecule has 0 saturated carbocycles. The third-order valence-corrected chi connectivity index (χ3v) is 4.37. The third-order valence-electron chi connectivity index (χ3n) is 4.37. The number of nitrogens with zero attached hydrogens (tertiary/aromatic N) is 3. The van der Waals surface area contributed by atoms with Crippen molar-refractivity contribution in [2.24, 2.45) is 0 Å².